The summed E-state index contributed by atoms with van der Waals surface area (Å²) in [6.07, 6.45) is 0. The number of amides is 2. The van der Waals surface area contributed by atoms with E-state index in [-0.39, 0.29) is 35.3 Å². The lowest BCUT2D eigenvalue weighted by Crippen LogP contribution is -2.33. The molecule has 2 amide bonds. The average Bonchev–Trinajstić information content (AvgIpc) is 3.13. The van der Waals surface area contributed by atoms with Crippen molar-refractivity contribution in [3.05, 3.63) is 70.8 Å². The SMILES string of the molecule is Cc1cccc(C(=O)N[C@H](c2nnc(SCC(=O)Nc3cccc(F)c3C)n2C)C(C)C)c1. The van der Waals surface area contributed by atoms with Crippen LogP contribution in [0.3, 0.4) is 0 Å². The van der Waals surface area contributed by atoms with Gasteiger partial charge in [0.15, 0.2) is 11.0 Å². The standard InChI is InChI=1S/C24H28FN5O2S/c1-14(2)21(27-23(32)17-9-6-8-15(3)12-17)22-28-29-24(30(22)5)33-13-20(31)26-19-11-7-10-18(25)16(19)4/h6-12,14,21H,13H2,1-5H3,(H,26,31)(H,27,32)/t21-/m0/s1. The number of thioether (sulfide) groups is 1. The van der Waals surface area contributed by atoms with Gasteiger partial charge in [0.25, 0.3) is 5.91 Å². The zero-order valence-corrected chi connectivity index (χ0v) is 20.2. The van der Waals surface area contributed by atoms with E-state index in [0.29, 0.717) is 27.8 Å². The molecular weight excluding hydrogens is 441 g/mol. The van der Waals surface area contributed by atoms with Gasteiger partial charge in [0, 0.05) is 23.9 Å². The Kier molecular flexibility index (Phi) is 7.86. The van der Waals surface area contributed by atoms with Gasteiger partial charge >= 0.3 is 0 Å². The van der Waals surface area contributed by atoms with Crippen molar-refractivity contribution in [2.75, 3.05) is 11.1 Å². The Bertz CT molecular complexity index is 1160. The van der Waals surface area contributed by atoms with Crippen LogP contribution in [0.5, 0.6) is 0 Å². The number of rotatable bonds is 8. The van der Waals surface area contributed by atoms with Crippen LogP contribution in [0.15, 0.2) is 47.6 Å². The molecule has 9 heteroatoms. The van der Waals surface area contributed by atoms with Gasteiger partial charge in [-0.2, -0.15) is 0 Å². The highest BCUT2D eigenvalue weighted by molar-refractivity contribution is 7.99. The van der Waals surface area contributed by atoms with Crippen LogP contribution in [-0.4, -0.2) is 32.3 Å². The molecule has 174 valence electrons. The molecule has 0 aliphatic heterocycles. The van der Waals surface area contributed by atoms with Crippen molar-refractivity contribution in [2.24, 2.45) is 13.0 Å². The minimum Gasteiger partial charge on any atom is -0.342 e. The first-order valence-corrected chi connectivity index (χ1v) is 11.6. The molecule has 0 saturated heterocycles. The van der Waals surface area contributed by atoms with E-state index in [4.69, 9.17) is 0 Å². The Labute approximate surface area is 197 Å². The van der Waals surface area contributed by atoms with Crippen molar-refractivity contribution in [3.63, 3.8) is 0 Å². The Morgan fingerprint density at radius 3 is 2.55 bits per heavy atom. The highest BCUT2D eigenvalue weighted by atomic mass is 32.2. The maximum atomic E-state index is 13.7. The molecule has 1 atom stereocenters. The molecule has 1 aromatic heterocycles. The summed E-state index contributed by atoms with van der Waals surface area (Å²) in [5.41, 5.74) is 2.42. The fraction of sp³-hybridized carbons (Fsp3) is 0.333. The van der Waals surface area contributed by atoms with Crippen molar-refractivity contribution < 1.29 is 14.0 Å². The van der Waals surface area contributed by atoms with Crippen LogP contribution >= 0.6 is 11.8 Å². The summed E-state index contributed by atoms with van der Waals surface area (Å²) in [7, 11) is 1.81. The molecule has 0 radical (unpaired) electrons. The van der Waals surface area contributed by atoms with Crippen LogP contribution < -0.4 is 10.6 Å². The maximum Gasteiger partial charge on any atom is 0.251 e. The number of aromatic nitrogens is 3. The molecule has 0 aliphatic carbocycles. The minimum atomic E-state index is -0.370. The van der Waals surface area contributed by atoms with Gasteiger partial charge in [-0.1, -0.05) is 49.4 Å². The van der Waals surface area contributed by atoms with E-state index in [0.717, 1.165) is 5.56 Å². The van der Waals surface area contributed by atoms with E-state index in [1.165, 1.54) is 17.8 Å². The second-order valence-corrected chi connectivity index (χ2v) is 9.16. The monoisotopic (exact) mass is 469 g/mol. The molecule has 2 aromatic carbocycles. The highest BCUT2D eigenvalue weighted by Crippen LogP contribution is 2.25. The van der Waals surface area contributed by atoms with Crippen molar-refractivity contribution >= 4 is 29.3 Å². The maximum absolute atomic E-state index is 13.7. The third-order valence-corrected chi connectivity index (χ3v) is 6.27. The van der Waals surface area contributed by atoms with Gasteiger partial charge in [-0.3, -0.25) is 9.59 Å². The van der Waals surface area contributed by atoms with Crippen LogP contribution in [0.25, 0.3) is 0 Å². The lowest BCUT2D eigenvalue weighted by atomic mass is 10.0. The molecule has 1 heterocycles. The lowest BCUT2D eigenvalue weighted by Gasteiger charge is -2.21. The molecule has 7 nitrogen and oxygen atoms in total. The summed E-state index contributed by atoms with van der Waals surface area (Å²) < 4.78 is 15.5. The average molecular weight is 470 g/mol. The Hall–Kier alpha value is -3.20. The summed E-state index contributed by atoms with van der Waals surface area (Å²) in [5, 5.41) is 14.8. The van der Waals surface area contributed by atoms with Crippen LogP contribution in [0.2, 0.25) is 0 Å². The summed E-state index contributed by atoms with van der Waals surface area (Å²) in [4.78, 5) is 25.2. The molecule has 0 saturated carbocycles. The van der Waals surface area contributed by atoms with E-state index < -0.39 is 0 Å². The van der Waals surface area contributed by atoms with E-state index in [2.05, 4.69) is 20.8 Å². The molecule has 3 aromatic rings. The normalized spacial score (nSPS) is 12.0. The number of carbonyl (C=O) groups excluding carboxylic acids is 2. The van der Waals surface area contributed by atoms with Gasteiger partial charge in [-0.25, -0.2) is 4.39 Å². The van der Waals surface area contributed by atoms with Gasteiger partial charge in [0.1, 0.15) is 5.82 Å². The second-order valence-electron chi connectivity index (χ2n) is 8.21. The van der Waals surface area contributed by atoms with Crippen molar-refractivity contribution in [2.45, 2.75) is 38.9 Å². The van der Waals surface area contributed by atoms with Crippen LogP contribution in [0.4, 0.5) is 10.1 Å². The largest absolute Gasteiger partial charge is 0.342 e. The predicted molar refractivity (Wildman–Crippen MR) is 128 cm³/mol. The van der Waals surface area contributed by atoms with Crippen LogP contribution in [0.1, 0.15) is 47.2 Å². The first-order chi connectivity index (χ1) is 15.7. The third kappa shape index (κ3) is 5.98. The number of anilines is 1. The predicted octanol–water partition coefficient (Wildman–Crippen LogP) is 4.43. The van der Waals surface area contributed by atoms with E-state index in [1.54, 1.807) is 36.7 Å². The molecule has 2 N–H and O–H groups in total. The molecule has 0 unspecified atom stereocenters. The number of hydrogen-bond donors (Lipinski definition) is 2. The number of aryl methyl sites for hydroxylation is 1. The van der Waals surface area contributed by atoms with Gasteiger partial charge in [-0.15, -0.1) is 10.2 Å². The van der Waals surface area contributed by atoms with Crippen molar-refractivity contribution in [3.8, 4) is 0 Å². The number of hydrogen-bond acceptors (Lipinski definition) is 5. The van der Waals surface area contributed by atoms with Gasteiger partial charge in [0.2, 0.25) is 5.91 Å². The number of halogens is 1. The lowest BCUT2D eigenvalue weighted by molar-refractivity contribution is -0.113. The van der Waals surface area contributed by atoms with Gasteiger partial charge < -0.3 is 15.2 Å². The minimum absolute atomic E-state index is 0.0683. The molecule has 0 bridgehead atoms. The van der Waals surface area contributed by atoms with Gasteiger partial charge in [0.05, 0.1) is 11.8 Å². The van der Waals surface area contributed by atoms with Crippen LogP contribution in [0, 0.1) is 25.6 Å². The topological polar surface area (TPSA) is 88.9 Å². The summed E-state index contributed by atoms with van der Waals surface area (Å²) >= 11 is 1.22. The molecule has 0 aliphatic rings. The van der Waals surface area contributed by atoms with E-state index >= 15 is 0 Å². The van der Waals surface area contributed by atoms with Crippen LogP contribution in [-0.2, 0) is 11.8 Å². The first-order valence-electron chi connectivity index (χ1n) is 10.6. The smallest absolute Gasteiger partial charge is 0.251 e. The second kappa shape index (κ2) is 10.6. The fourth-order valence-electron chi connectivity index (χ4n) is 3.32. The Morgan fingerprint density at radius 2 is 1.85 bits per heavy atom. The number of nitrogens with zero attached hydrogens (tertiary/aromatic N) is 3. The molecular formula is C24H28FN5O2S. The zero-order valence-electron chi connectivity index (χ0n) is 19.3. The summed E-state index contributed by atoms with van der Waals surface area (Å²) in [5.74, 6) is -0.0606. The quantitative estimate of drug-likeness (QED) is 0.477. The first kappa shape index (κ1) is 24.4. The fourth-order valence-corrected chi connectivity index (χ4v) is 4.04. The Morgan fingerprint density at radius 1 is 1.12 bits per heavy atom. The summed E-state index contributed by atoms with van der Waals surface area (Å²) in [6, 6.07) is 11.6. The molecule has 0 fully saturated rings. The summed E-state index contributed by atoms with van der Waals surface area (Å²) in [6.45, 7) is 7.55. The van der Waals surface area contributed by atoms with Crippen molar-refractivity contribution in [1.82, 2.24) is 20.1 Å². The van der Waals surface area contributed by atoms with Crippen molar-refractivity contribution in [1.29, 1.82) is 0 Å². The Balaban J connectivity index is 1.68. The zero-order chi connectivity index (χ0) is 24.1. The highest BCUT2D eigenvalue weighted by Gasteiger charge is 2.25. The molecule has 33 heavy (non-hydrogen) atoms. The number of carbonyl (C=O) groups is 2. The number of benzene rings is 2. The van der Waals surface area contributed by atoms with Gasteiger partial charge in [-0.05, 0) is 44.0 Å². The third-order valence-electron chi connectivity index (χ3n) is 5.25. The molecule has 0 spiro atoms. The van der Waals surface area contributed by atoms with E-state index in [9.17, 15) is 14.0 Å². The molecule has 3 rings (SSSR count). The van der Waals surface area contributed by atoms with E-state index in [1.807, 2.05) is 39.0 Å². The number of nitrogens with one attached hydrogen (secondary N) is 2.